The summed E-state index contributed by atoms with van der Waals surface area (Å²) < 4.78 is 4.58. The average molecular weight is 286 g/mol. The van der Waals surface area contributed by atoms with E-state index in [1.54, 1.807) is 43.0 Å². The minimum absolute atomic E-state index is 0. The molecule has 20 heavy (non-hydrogen) atoms. The Balaban J connectivity index is 0.00000361. The van der Waals surface area contributed by atoms with E-state index in [0.29, 0.717) is 5.56 Å². The van der Waals surface area contributed by atoms with E-state index < -0.39 is 17.5 Å². The zero-order valence-corrected chi connectivity index (χ0v) is 12.9. The molecular weight excluding hydrogens is 271 g/mol. The number of carbonyl (C=O) groups excluding carboxylic acids is 2. The van der Waals surface area contributed by atoms with Gasteiger partial charge in [-0.25, -0.2) is 4.79 Å². The number of ether oxygens (including phenoxy) is 1. The Hall–Kier alpha value is -1.15. The van der Waals surface area contributed by atoms with Gasteiger partial charge >= 0.3 is 24.8 Å². The second-order valence-electron chi connectivity index (χ2n) is 3.73. The minimum Gasteiger partial charge on any atom is -0.872 e. The molecule has 0 aromatic heterocycles. The maximum Gasteiger partial charge on any atom is 1.00 e. The molecule has 1 aromatic carbocycles. The molecule has 1 rings (SSSR count). The molecule has 1 aromatic rings. The van der Waals surface area contributed by atoms with Crippen LogP contribution >= 0.6 is 11.8 Å². The number of Topliss-reactive ketones (excluding diaryl/α,β-unsaturated/α-hetero) is 1. The van der Waals surface area contributed by atoms with E-state index in [9.17, 15) is 14.7 Å². The quantitative estimate of drug-likeness (QED) is 0.167. The molecule has 0 aliphatic carbocycles. The van der Waals surface area contributed by atoms with E-state index in [4.69, 9.17) is 0 Å². The predicted molar refractivity (Wildman–Crippen MR) is 72.5 cm³/mol. The Morgan fingerprint density at radius 3 is 2.25 bits per heavy atom. The van der Waals surface area contributed by atoms with E-state index in [0.717, 1.165) is 4.90 Å². The summed E-state index contributed by atoms with van der Waals surface area (Å²) in [5.41, 5.74) is 0.253. The second kappa shape index (κ2) is 8.91. The Morgan fingerprint density at radius 1 is 1.25 bits per heavy atom. The summed E-state index contributed by atoms with van der Waals surface area (Å²) in [5, 5.41) is 12.0. The first-order chi connectivity index (χ1) is 9.01. The molecule has 0 heterocycles. The van der Waals surface area contributed by atoms with Crippen LogP contribution in [0.1, 0.15) is 19.4 Å². The molecule has 0 spiro atoms. The van der Waals surface area contributed by atoms with Gasteiger partial charge in [-0.15, -0.1) is 11.8 Å². The third-order valence-corrected chi connectivity index (χ3v) is 3.24. The van der Waals surface area contributed by atoms with Crippen LogP contribution in [0.25, 0.3) is 5.76 Å². The third-order valence-electron chi connectivity index (χ3n) is 2.49. The SMILES string of the molecule is CCOC(=O)C(=O)C(C)=C([O-])c1ccc(SC)cc1.[Li+]. The molecule has 102 valence electrons. The van der Waals surface area contributed by atoms with Crippen molar-refractivity contribution < 1.29 is 38.3 Å². The Kier molecular flexibility index (Phi) is 8.39. The molecule has 6 heteroatoms. The van der Waals surface area contributed by atoms with Gasteiger partial charge in [0.15, 0.2) is 0 Å². The predicted octanol–water partition coefficient (Wildman–Crippen LogP) is -1.36. The van der Waals surface area contributed by atoms with Gasteiger partial charge in [0.25, 0.3) is 5.78 Å². The largest absolute Gasteiger partial charge is 1.00 e. The summed E-state index contributed by atoms with van der Waals surface area (Å²) in [7, 11) is 0. The van der Waals surface area contributed by atoms with Crippen LogP contribution in [0, 0.1) is 0 Å². The van der Waals surface area contributed by atoms with Crippen LogP contribution in [0.3, 0.4) is 0 Å². The van der Waals surface area contributed by atoms with E-state index in [1.807, 2.05) is 6.26 Å². The van der Waals surface area contributed by atoms with Gasteiger partial charge in [-0.2, -0.15) is 0 Å². The van der Waals surface area contributed by atoms with Crippen molar-refractivity contribution in [1.82, 2.24) is 0 Å². The first kappa shape index (κ1) is 18.8. The molecule has 0 saturated carbocycles. The molecule has 0 aliphatic heterocycles. The first-order valence-electron chi connectivity index (χ1n) is 5.75. The summed E-state index contributed by atoms with van der Waals surface area (Å²) >= 11 is 1.56. The molecule has 0 atom stereocenters. The fourth-order valence-electron chi connectivity index (χ4n) is 1.41. The van der Waals surface area contributed by atoms with Gasteiger partial charge in [0.2, 0.25) is 0 Å². The summed E-state index contributed by atoms with van der Waals surface area (Å²) in [4.78, 5) is 23.9. The number of hydrogen-bond acceptors (Lipinski definition) is 5. The van der Waals surface area contributed by atoms with Crippen LogP contribution in [0.5, 0.6) is 0 Å². The van der Waals surface area contributed by atoms with Crippen molar-refractivity contribution in [3.05, 3.63) is 35.4 Å². The molecular formula is C14H15LiO4S. The van der Waals surface area contributed by atoms with Crippen molar-refractivity contribution in [2.75, 3.05) is 12.9 Å². The van der Waals surface area contributed by atoms with Gasteiger partial charge in [-0.05, 0) is 43.4 Å². The number of rotatable bonds is 5. The minimum atomic E-state index is -0.992. The van der Waals surface area contributed by atoms with Crippen LogP contribution in [-0.2, 0) is 14.3 Å². The molecule has 0 aliphatic rings. The summed E-state index contributed by atoms with van der Waals surface area (Å²) in [5.74, 6) is -2.33. The van der Waals surface area contributed by atoms with E-state index in [-0.39, 0.29) is 31.0 Å². The van der Waals surface area contributed by atoms with Crippen molar-refractivity contribution in [2.45, 2.75) is 18.7 Å². The van der Waals surface area contributed by atoms with Crippen LogP contribution in [0.4, 0.5) is 0 Å². The van der Waals surface area contributed by atoms with E-state index in [2.05, 4.69) is 4.74 Å². The monoisotopic (exact) mass is 286 g/mol. The fourth-order valence-corrected chi connectivity index (χ4v) is 1.82. The van der Waals surface area contributed by atoms with Gasteiger partial charge in [0.1, 0.15) is 0 Å². The normalized spacial score (nSPS) is 11.2. The molecule has 0 saturated heterocycles. The van der Waals surface area contributed by atoms with Crippen molar-refractivity contribution >= 4 is 29.3 Å². The van der Waals surface area contributed by atoms with Gasteiger partial charge in [-0.3, -0.25) is 4.79 Å². The zero-order chi connectivity index (χ0) is 14.4. The van der Waals surface area contributed by atoms with Crippen LogP contribution in [0.15, 0.2) is 34.7 Å². The first-order valence-corrected chi connectivity index (χ1v) is 6.97. The third kappa shape index (κ3) is 4.75. The Morgan fingerprint density at radius 2 is 1.80 bits per heavy atom. The smallest absolute Gasteiger partial charge is 0.872 e. The number of hydrogen-bond donors (Lipinski definition) is 0. The molecule has 0 amide bonds. The molecule has 0 bridgehead atoms. The summed E-state index contributed by atoms with van der Waals surface area (Å²) in [6, 6.07) is 6.85. The number of thioether (sulfide) groups is 1. The number of carbonyl (C=O) groups is 2. The second-order valence-corrected chi connectivity index (χ2v) is 4.61. The number of ketones is 1. The standard InChI is InChI=1S/C14H16O4S.Li/c1-4-18-14(17)13(16)9(2)12(15)10-5-7-11(19-3)8-6-10;/h5-8,15H,4H2,1-3H3;/q;+1/p-1. The van der Waals surface area contributed by atoms with Crippen molar-refractivity contribution in [2.24, 2.45) is 0 Å². The van der Waals surface area contributed by atoms with Crippen molar-refractivity contribution in [1.29, 1.82) is 0 Å². The van der Waals surface area contributed by atoms with Gasteiger partial charge in [-0.1, -0.05) is 17.9 Å². The molecule has 0 N–H and O–H groups in total. The van der Waals surface area contributed by atoms with E-state index in [1.165, 1.54) is 6.92 Å². The molecule has 4 nitrogen and oxygen atoms in total. The topological polar surface area (TPSA) is 66.4 Å². The zero-order valence-electron chi connectivity index (χ0n) is 12.1. The van der Waals surface area contributed by atoms with Gasteiger partial charge in [0.05, 0.1) is 6.61 Å². The van der Waals surface area contributed by atoms with E-state index >= 15 is 0 Å². The van der Waals surface area contributed by atoms with Crippen LogP contribution in [0.2, 0.25) is 0 Å². The van der Waals surface area contributed by atoms with Crippen molar-refractivity contribution in [3.8, 4) is 0 Å². The molecule has 0 radical (unpaired) electrons. The average Bonchev–Trinajstić information content (AvgIpc) is 2.45. The number of benzene rings is 1. The summed E-state index contributed by atoms with van der Waals surface area (Å²) in [6.07, 6.45) is 1.93. The van der Waals surface area contributed by atoms with Crippen molar-refractivity contribution in [3.63, 3.8) is 0 Å². The summed E-state index contributed by atoms with van der Waals surface area (Å²) in [6.45, 7) is 3.04. The van der Waals surface area contributed by atoms with Crippen LogP contribution in [-0.4, -0.2) is 24.6 Å². The maximum atomic E-state index is 12.0. The molecule has 0 fully saturated rings. The number of esters is 1. The Labute approximate surface area is 134 Å². The van der Waals surface area contributed by atoms with Gasteiger partial charge < -0.3 is 9.84 Å². The maximum absolute atomic E-state index is 12.0. The fraction of sp³-hybridized carbons (Fsp3) is 0.286. The van der Waals surface area contributed by atoms with Crippen LogP contribution < -0.4 is 24.0 Å². The Bertz CT molecular complexity index is 508. The van der Waals surface area contributed by atoms with Gasteiger partial charge in [0, 0.05) is 4.90 Å². The molecule has 0 unspecified atom stereocenters.